The Labute approximate surface area is 174 Å². The molecule has 0 amide bonds. The molecule has 0 aromatic rings. The number of carboxylic acids is 1. The first-order valence-corrected chi connectivity index (χ1v) is 11.9. The zero-order valence-corrected chi connectivity index (χ0v) is 18.3. The Bertz CT molecular complexity index is 637. The van der Waals surface area contributed by atoms with Gasteiger partial charge < -0.3 is 20.4 Å². The van der Waals surface area contributed by atoms with Crippen LogP contribution in [0.15, 0.2) is 0 Å². The zero-order chi connectivity index (χ0) is 21.1. The highest BCUT2D eigenvalue weighted by Gasteiger charge is 2.65. The molecule has 1 unspecified atom stereocenters. The van der Waals surface area contributed by atoms with E-state index in [-0.39, 0.29) is 35.2 Å². The molecule has 0 spiro atoms. The van der Waals surface area contributed by atoms with E-state index >= 15 is 0 Å². The fraction of sp³-hybridized carbons (Fsp3) is 0.958. The molecule has 0 aromatic carbocycles. The largest absolute Gasteiger partial charge is 0.481 e. The van der Waals surface area contributed by atoms with Crippen LogP contribution in [0.25, 0.3) is 0 Å². The van der Waals surface area contributed by atoms with E-state index in [2.05, 4.69) is 20.8 Å². The number of aliphatic carboxylic acids is 1. The molecule has 0 radical (unpaired) electrons. The molecule has 11 atom stereocenters. The molecule has 4 saturated carbocycles. The third kappa shape index (κ3) is 3.27. The first-order valence-electron chi connectivity index (χ1n) is 11.9. The Hall–Kier alpha value is -0.650. The third-order valence-corrected chi connectivity index (χ3v) is 10.3. The molecule has 4 aliphatic rings. The second-order valence-corrected chi connectivity index (χ2v) is 11.5. The number of aliphatic hydroxyl groups is 3. The maximum Gasteiger partial charge on any atom is 0.303 e. The summed E-state index contributed by atoms with van der Waals surface area (Å²) in [6, 6.07) is 0. The number of aliphatic hydroxyl groups excluding tert-OH is 3. The van der Waals surface area contributed by atoms with Gasteiger partial charge in [-0.05, 0) is 97.7 Å². The zero-order valence-electron chi connectivity index (χ0n) is 18.3. The standard InChI is InChI=1S/C24H40O5/c1-13(4-7-19(26)27)15-5-6-16-20-17(9-11-23(15,16)2)24(3)10-8-14(25)12-18(24)21(28)22(20)29/h13-18,20-22,25,28-29H,4-12H2,1-3H3,(H,26,27)/t13?,14-,15-,16+,17+,18+,20+,21-,22+,23-,24-/m1/s1. The molecule has 29 heavy (non-hydrogen) atoms. The summed E-state index contributed by atoms with van der Waals surface area (Å²) in [6.07, 6.45) is 5.87. The minimum atomic E-state index is -0.748. The Balaban J connectivity index is 1.59. The van der Waals surface area contributed by atoms with Gasteiger partial charge in [-0.25, -0.2) is 0 Å². The lowest BCUT2D eigenvalue weighted by molar-refractivity contribution is -0.223. The van der Waals surface area contributed by atoms with Crippen molar-refractivity contribution in [1.82, 2.24) is 0 Å². The molecule has 0 saturated heterocycles. The molecule has 0 heterocycles. The topological polar surface area (TPSA) is 98.0 Å². The highest BCUT2D eigenvalue weighted by atomic mass is 16.4. The predicted octanol–water partition coefficient (Wildman–Crippen LogP) is 3.45. The first-order chi connectivity index (χ1) is 13.6. The minimum Gasteiger partial charge on any atom is -0.481 e. The Kier molecular flexibility index (Phi) is 5.57. The summed E-state index contributed by atoms with van der Waals surface area (Å²) in [7, 11) is 0. The summed E-state index contributed by atoms with van der Waals surface area (Å²) >= 11 is 0. The van der Waals surface area contributed by atoms with E-state index in [4.69, 9.17) is 5.11 Å². The number of carbonyl (C=O) groups is 1. The number of hydrogen-bond acceptors (Lipinski definition) is 4. The highest BCUT2D eigenvalue weighted by Crippen LogP contribution is 2.68. The van der Waals surface area contributed by atoms with Crippen molar-refractivity contribution in [2.45, 2.75) is 96.9 Å². The van der Waals surface area contributed by atoms with E-state index in [0.717, 1.165) is 44.9 Å². The summed E-state index contributed by atoms with van der Waals surface area (Å²) < 4.78 is 0. The molecule has 5 nitrogen and oxygen atoms in total. The van der Waals surface area contributed by atoms with Gasteiger partial charge in [-0.15, -0.1) is 0 Å². The molecule has 4 fully saturated rings. The minimum absolute atomic E-state index is 0.00309. The van der Waals surface area contributed by atoms with Crippen molar-refractivity contribution in [2.75, 3.05) is 0 Å². The average molecular weight is 409 g/mol. The van der Waals surface area contributed by atoms with E-state index in [0.29, 0.717) is 30.1 Å². The summed E-state index contributed by atoms with van der Waals surface area (Å²) in [5, 5.41) is 41.7. The second kappa shape index (κ2) is 7.49. The van der Waals surface area contributed by atoms with E-state index in [1.165, 1.54) is 0 Å². The van der Waals surface area contributed by atoms with Crippen molar-refractivity contribution in [3.8, 4) is 0 Å². The maximum absolute atomic E-state index is 11.3. The van der Waals surface area contributed by atoms with Gasteiger partial charge in [0.2, 0.25) is 0 Å². The molecule has 0 aliphatic heterocycles. The average Bonchev–Trinajstić information content (AvgIpc) is 3.02. The third-order valence-electron chi connectivity index (χ3n) is 10.3. The van der Waals surface area contributed by atoms with Gasteiger partial charge in [-0.2, -0.15) is 0 Å². The van der Waals surface area contributed by atoms with Crippen molar-refractivity contribution in [1.29, 1.82) is 0 Å². The molecule has 4 N–H and O–H groups in total. The van der Waals surface area contributed by atoms with Crippen LogP contribution in [0, 0.1) is 46.3 Å². The van der Waals surface area contributed by atoms with E-state index in [1.807, 2.05) is 0 Å². The van der Waals surface area contributed by atoms with Crippen LogP contribution >= 0.6 is 0 Å². The van der Waals surface area contributed by atoms with Gasteiger partial charge in [0, 0.05) is 6.42 Å². The van der Waals surface area contributed by atoms with Crippen LogP contribution in [0.5, 0.6) is 0 Å². The van der Waals surface area contributed by atoms with Gasteiger partial charge in [0.1, 0.15) is 0 Å². The van der Waals surface area contributed by atoms with E-state index in [1.54, 1.807) is 0 Å². The van der Waals surface area contributed by atoms with Crippen molar-refractivity contribution in [3.05, 3.63) is 0 Å². The predicted molar refractivity (Wildman–Crippen MR) is 110 cm³/mol. The highest BCUT2D eigenvalue weighted by molar-refractivity contribution is 5.66. The van der Waals surface area contributed by atoms with Crippen LogP contribution in [-0.4, -0.2) is 44.7 Å². The van der Waals surface area contributed by atoms with Crippen LogP contribution in [0.3, 0.4) is 0 Å². The molecular weight excluding hydrogens is 368 g/mol. The first kappa shape index (κ1) is 21.6. The molecule has 5 heteroatoms. The number of hydrogen-bond donors (Lipinski definition) is 4. The van der Waals surface area contributed by atoms with Gasteiger partial charge in [0.15, 0.2) is 0 Å². The van der Waals surface area contributed by atoms with Gasteiger partial charge in [0.05, 0.1) is 18.3 Å². The quantitative estimate of drug-likeness (QED) is 0.571. The normalized spacial score (nSPS) is 52.9. The summed E-state index contributed by atoms with van der Waals surface area (Å²) in [4.78, 5) is 11.1. The van der Waals surface area contributed by atoms with Crippen molar-refractivity contribution < 1.29 is 25.2 Å². The smallest absolute Gasteiger partial charge is 0.303 e. The van der Waals surface area contributed by atoms with Crippen LogP contribution in [0.1, 0.15) is 78.6 Å². The summed E-state index contributed by atoms with van der Waals surface area (Å²) in [5.41, 5.74) is 0.119. The van der Waals surface area contributed by atoms with Gasteiger partial charge in [0.25, 0.3) is 0 Å². The molecule has 0 bridgehead atoms. The van der Waals surface area contributed by atoms with Crippen molar-refractivity contribution in [2.24, 2.45) is 46.3 Å². The fourth-order valence-electron chi connectivity index (χ4n) is 8.77. The van der Waals surface area contributed by atoms with Crippen molar-refractivity contribution >= 4 is 5.97 Å². The van der Waals surface area contributed by atoms with E-state index in [9.17, 15) is 20.1 Å². The monoisotopic (exact) mass is 408 g/mol. The summed E-state index contributed by atoms with van der Waals surface area (Å²) in [5.74, 6) is 1.06. The van der Waals surface area contributed by atoms with Gasteiger partial charge in [-0.3, -0.25) is 4.79 Å². The molecule has 166 valence electrons. The van der Waals surface area contributed by atoms with Crippen LogP contribution in [0.4, 0.5) is 0 Å². The maximum atomic E-state index is 11.3. The molecule has 4 aliphatic carbocycles. The molecular formula is C24H40O5. The second-order valence-electron chi connectivity index (χ2n) is 11.5. The molecule has 4 rings (SSSR count). The van der Waals surface area contributed by atoms with Crippen LogP contribution < -0.4 is 0 Å². The number of rotatable bonds is 4. The lowest BCUT2D eigenvalue weighted by Crippen LogP contribution is -2.64. The van der Waals surface area contributed by atoms with Crippen LogP contribution in [0.2, 0.25) is 0 Å². The number of fused-ring (bicyclic) bond motifs is 5. The fourth-order valence-corrected chi connectivity index (χ4v) is 8.77. The summed E-state index contributed by atoms with van der Waals surface area (Å²) in [6.45, 7) is 6.89. The number of carboxylic acid groups (broad SMARTS) is 1. The Morgan fingerprint density at radius 1 is 0.931 bits per heavy atom. The lowest BCUT2D eigenvalue weighted by atomic mass is 9.43. The Morgan fingerprint density at radius 3 is 2.28 bits per heavy atom. The van der Waals surface area contributed by atoms with Gasteiger partial charge >= 0.3 is 5.97 Å². The van der Waals surface area contributed by atoms with E-state index < -0.39 is 18.2 Å². The van der Waals surface area contributed by atoms with Crippen molar-refractivity contribution in [3.63, 3.8) is 0 Å². The van der Waals surface area contributed by atoms with Gasteiger partial charge in [-0.1, -0.05) is 20.8 Å². The molecule has 0 aromatic heterocycles. The SMILES string of the molecule is CC(CCC(=O)O)[C@H]1CC[C@H]2[C@@H]3[C@H](O)[C@H](O)[C@@H]4C[C@H](O)CC[C@]4(C)[C@H]3CC[C@]12C. The van der Waals surface area contributed by atoms with Crippen LogP contribution in [-0.2, 0) is 4.79 Å². The Morgan fingerprint density at radius 2 is 1.59 bits per heavy atom. The lowest BCUT2D eigenvalue weighted by Gasteiger charge is -2.63.